The fraction of sp³-hybridized carbons (Fsp3) is 0.400. The second kappa shape index (κ2) is 10.1. The van der Waals surface area contributed by atoms with Gasteiger partial charge in [-0.2, -0.15) is 0 Å². The molecule has 0 aliphatic heterocycles. The van der Waals surface area contributed by atoms with Crippen molar-refractivity contribution in [3.05, 3.63) is 29.8 Å². The maximum Gasteiger partial charge on any atom is 0.240 e. The Bertz CT molecular complexity index is 600. The minimum Gasteiger partial charge on any atom is -0.508 e. The van der Waals surface area contributed by atoms with E-state index in [1.54, 1.807) is 12.1 Å². The Morgan fingerprint density at radius 3 is 2.40 bits per heavy atom. The fourth-order valence-corrected chi connectivity index (χ4v) is 2.08. The molecule has 25 heavy (non-hydrogen) atoms. The van der Waals surface area contributed by atoms with Crippen LogP contribution in [0.15, 0.2) is 29.3 Å². The molecule has 2 amide bonds. The van der Waals surface area contributed by atoms with Crippen molar-refractivity contribution >= 4 is 17.8 Å². The van der Waals surface area contributed by atoms with Gasteiger partial charge in [0.05, 0.1) is 6.54 Å². The first-order valence-corrected chi connectivity index (χ1v) is 7.69. The number of hydrogen-bond donors (Lipinski definition) is 6. The van der Waals surface area contributed by atoms with Gasteiger partial charge in [-0.15, -0.1) is 0 Å². The van der Waals surface area contributed by atoms with Crippen LogP contribution in [-0.2, 0) is 16.0 Å². The number of hydrazine groups is 1. The molecule has 10 N–H and O–H groups in total. The Labute approximate surface area is 145 Å². The zero-order chi connectivity index (χ0) is 18.8. The molecule has 0 fully saturated rings. The lowest BCUT2D eigenvalue weighted by Crippen LogP contribution is -2.50. The van der Waals surface area contributed by atoms with Gasteiger partial charge in [-0.25, -0.2) is 5.01 Å². The monoisotopic (exact) mass is 351 g/mol. The summed E-state index contributed by atoms with van der Waals surface area (Å²) in [6.45, 7) is 0.715. The van der Waals surface area contributed by atoms with Gasteiger partial charge in [-0.1, -0.05) is 12.1 Å². The highest BCUT2D eigenvalue weighted by atomic mass is 16.3. The van der Waals surface area contributed by atoms with E-state index in [1.165, 1.54) is 17.1 Å². The highest BCUT2D eigenvalue weighted by molar-refractivity contribution is 5.87. The summed E-state index contributed by atoms with van der Waals surface area (Å²) < 4.78 is 0. The van der Waals surface area contributed by atoms with Crippen molar-refractivity contribution in [3.8, 4) is 5.75 Å². The number of nitrogens with one attached hydrogen (secondary N) is 1. The van der Waals surface area contributed by atoms with Crippen LogP contribution in [0.3, 0.4) is 0 Å². The van der Waals surface area contributed by atoms with Crippen LogP contribution < -0.4 is 28.4 Å². The zero-order valence-electron chi connectivity index (χ0n) is 13.9. The molecule has 0 aliphatic carbocycles. The van der Waals surface area contributed by atoms with E-state index in [0.717, 1.165) is 5.56 Å². The third-order valence-electron chi connectivity index (χ3n) is 3.30. The van der Waals surface area contributed by atoms with E-state index in [1.807, 2.05) is 0 Å². The fourth-order valence-electron chi connectivity index (χ4n) is 2.08. The van der Waals surface area contributed by atoms with Gasteiger partial charge in [0.25, 0.3) is 0 Å². The van der Waals surface area contributed by atoms with E-state index in [9.17, 15) is 14.7 Å². The maximum atomic E-state index is 12.0. The molecule has 10 heteroatoms. The lowest BCUT2D eigenvalue weighted by molar-refractivity contribution is -0.128. The van der Waals surface area contributed by atoms with Gasteiger partial charge in [-0.3, -0.25) is 20.4 Å². The topological polar surface area (TPSA) is 186 Å². The van der Waals surface area contributed by atoms with Crippen molar-refractivity contribution in [2.24, 2.45) is 28.0 Å². The summed E-state index contributed by atoms with van der Waals surface area (Å²) in [4.78, 5) is 27.4. The zero-order valence-corrected chi connectivity index (χ0v) is 13.9. The first-order chi connectivity index (χ1) is 11.8. The van der Waals surface area contributed by atoms with Crippen molar-refractivity contribution in [2.45, 2.75) is 18.9 Å². The highest BCUT2D eigenvalue weighted by Crippen LogP contribution is 2.11. The smallest absolute Gasteiger partial charge is 0.240 e. The molecule has 0 aromatic heterocycles. The van der Waals surface area contributed by atoms with Crippen LogP contribution in [0.5, 0.6) is 5.75 Å². The summed E-state index contributed by atoms with van der Waals surface area (Å²) in [5, 5.41) is 13.1. The van der Waals surface area contributed by atoms with Gasteiger partial charge in [0.2, 0.25) is 11.8 Å². The van der Waals surface area contributed by atoms with Crippen LogP contribution >= 0.6 is 0 Å². The molecule has 0 spiro atoms. The standard InChI is InChI=1S/C15H25N7O3/c16-14(25)12(8-10-2-4-11(23)5-3-10)21-13(24)9-22(19)7-1-6-20-15(17)18/h2-5,12,23H,1,6-9,19H2,(H2,16,25)(H,21,24)(H4,17,18,20). The SMILES string of the molecule is NC(=O)C(Cc1ccc(O)cc1)NC(=O)CN(N)CCCN=C(N)N. The van der Waals surface area contributed by atoms with Gasteiger partial charge in [0, 0.05) is 19.5 Å². The van der Waals surface area contributed by atoms with E-state index in [4.69, 9.17) is 23.0 Å². The molecule has 0 saturated heterocycles. The maximum absolute atomic E-state index is 12.0. The summed E-state index contributed by atoms with van der Waals surface area (Å²) in [6, 6.07) is 5.42. The lowest BCUT2D eigenvalue weighted by atomic mass is 10.1. The largest absolute Gasteiger partial charge is 0.508 e. The van der Waals surface area contributed by atoms with Crippen LogP contribution in [0.1, 0.15) is 12.0 Å². The number of benzene rings is 1. The Morgan fingerprint density at radius 1 is 1.20 bits per heavy atom. The van der Waals surface area contributed by atoms with Crippen molar-refractivity contribution in [2.75, 3.05) is 19.6 Å². The van der Waals surface area contributed by atoms with Crippen molar-refractivity contribution in [1.82, 2.24) is 10.3 Å². The van der Waals surface area contributed by atoms with Crippen molar-refractivity contribution in [3.63, 3.8) is 0 Å². The first-order valence-electron chi connectivity index (χ1n) is 7.69. The number of nitrogens with two attached hydrogens (primary N) is 4. The van der Waals surface area contributed by atoms with Gasteiger partial charge in [0.1, 0.15) is 11.8 Å². The molecular formula is C15H25N7O3. The minimum absolute atomic E-state index is 0.000143. The minimum atomic E-state index is -0.868. The normalized spacial score (nSPS) is 11.8. The van der Waals surface area contributed by atoms with Crippen LogP contribution in [0.2, 0.25) is 0 Å². The Balaban J connectivity index is 2.46. The Kier molecular flexibility index (Phi) is 8.16. The first kappa shape index (κ1) is 20.2. The number of phenols is 1. The summed E-state index contributed by atoms with van der Waals surface area (Å²) in [7, 11) is 0. The summed E-state index contributed by atoms with van der Waals surface area (Å²) in [5.41, 5.74) is 16.5. The summed E-state index contributed by atoms with van der Waals surface area (Å²) >= 11 is 0. The van der Waals surface area contributed by atoms with E-state index in [0.29, 0.717) is 19.5 Å². The second-order valence-electron chi connectivity index (χ2n) is 5.52. The molecular weight excluding hydrogens is 326 g/mol. The molecule has 0 bridgehead atoms. The third-order valence-corrected chi connectivity index (χ3v) is 3.30. The third kappa shape index (κ3) is 8.53. The van der Waals surface area contributed by atoms with Gasteiger partial charge in [-0.05, 0) is 24.1 Å². The summed E-state index contributed by atoms with van der Waals surface area (Å²) in [6.07, 6.45) is 0.796. The molecule has 1 aromatic carbocycles. The lowest BCUT2D eigenvalue weighted by Gasteiger charge is -2.19. The number of nitrogens with zero attached hydrogens (tertiary/aromatic N) is 2. The Morgan fingerprint density at radius 2 is 1.84 bits per heavy atom. The predicted octanol–water partition coefficient (Wildman–Crippen LogP) is -2.26. The van der Waals surface area contributed by atoms with Crippen LogP contribution in [0.25, 0.3) is 0 Å². The highest BCUT2D eigenvalue weighted by Gasteiger charge is 2.19. The molecule has 1 atom stereocenters. The molecule has 1 unspecified atom stereocenters. The number of aromatic hydroxyl groups is 1. The molecule has 1 aromatic rings. The van der Waals surface area contributed by atoms with Crippen LogP contribution in [0, 0.1) is 0 Å². The van der Waals surface area contributed by atoms with E-state index in [2.05, 4.69) is 10.3 Å². The number of carbonyl (C=O) groups is 2. The van der Waals surface area contributed by atoms with Crippen LogP contribution in [0.4, 0.5) is 0 Å². The van der Waals surface area contributed by atoms with Gasteiger partial charge >= 0.3 is 0 Å². The number of primary amides is 1. The predicted molar refractivity (Wildman–Crippen MR) is 94.0 cm³/mol. The summed E-state index contributed by atoms with van der Waals surface area (Å²) in [5.74, 6) is 4.76. The molecule has 1 rings (SSSR count). The molecule has 0 aliphatic rings. The van der Waals surface area contributed by atoms with Crippen molar-refractivity contribution in [1.29, 1.82) is 0 Å². The molecule has 0 saturated carbocycles. The molecule has 0 radical (unpaired) electrons. The van der Waals surface area contributed by atoms with Crippen LogP contribution in [-0.4, -0.2) is 53.6 Å². The molecule has 0 heterocycles. The average Bonchev–Trinajstić information content (AvgIpc) is 2.52. The average molecular weight is 351 g/mol. The second-order valence-corrected chi connectivity index (χ2v) is 5.52. The number of guanidine groups is 1. The molecule has 10 nitrogen and oxygen atoms in total. The number of carbonyl (C=O) groups excluding carboxylic acids is 2. The number of rotatable bonds is 10. The molecule has 138 valence electrons. The van der Waals surface area contributed by atoms with E-state index < -0.39 is 17.9 Å². The van der Waals surface area contributed by atoms with Gasteiger partial charge in [0.15, 0.2) is 5.96 Å². The number of aliphatic imine (C=N–C) groups is 1. The van der Waals surface area contributed by atoms with Gasteiger partial charge < -0.3 is 27.6 Å². The van der Waals surface area contributed by atoms with Crippen molar-refractivity contribution < 1.29 is 14.7 Å². The number of phenolic OH excluding ortho intramolecular Hbond substituents is 1. The van der Waals surface area contributed by atoms with E-state index in [-0.39, 0.29) is 24.7 Å². The number of amides is 2. The van der Waals surface area contributed by atoms with E-state index >= 15 is 0 Å². The quantitative estimate of drug-likeness (QED) is 0.0902. The Hall–Kier alpha value is -2.85. The number of hydrogen-bond acceptors (Lipinski definition) is 6.